The van der Waals surface area contributed by atoms with Gasteiger partial charge in [0.1, 0.15) is 16.9 Å². The van der Waals surface area contributed by atoms with Crippen LogP contribution < -0.4 is 5.36 Å². The molecule has 0 saturated heterocycles. The number of hydrogen-bond acceptors (Lipinski definition) is 4. The van der Waals surface area contributed by atoms with Gasteiger partial charge in [0.2, 0.25) is 0 Å². The number of nitrogens with zero attached hydrogens (tertiary/aromatic N) is 4. The van der Waals surface area contributed by atoms with E-state index in [0.717, 1.165) is 30.3 Å². The molecular weight excluding hydrogens is 484 g/mol. The first kappa shape index (κ1) is 17.3. The Bertz CT molecular complexity index is 1390. The number of fused-ring (bicyclic) bond motifs is 4. The molecule has 3 aromatic rings. The lowest BCUT2D eigenvalue weighted by atomic mass is 10.1. The van der Waals surface area contributed by atoms with E-state index < -0.39 is 0 Å². The molecule has 0 atom stereocenters. The highest BCUT2D eigenvalue weighted by Gasteiger charge is 2.17. The number of hydrogen-bond donors (Lipinski definition) is 1. The van der Waals surface area contributed by atoms with Crippen LogP contribution in [0.4, 0.5) is 5.69 Å². The van der Waals surface area contributed by atoms with Gasteiger partial charge >= 0.3 is 0 Å². The van der Waals surface area contributed by atoms with E-state index >= 15 is 0 Å². The quantitative estimate of drug-likeness (QED) is 0.185. The first-order valence-corrected chi connectivity index (χ1v) is 10.1. The van der Waals surface area contributed by atoms with Crippen LogP contribution in [0.1, 0.15) is 0 Å². The van der Waals surface area contributed by atoms with Gasteiger partial charge in [-0.15, -0.1) is 0 Å². The number of halogens is 2. The summed E-state index contributed by atoms with van der Waals surface area (Å²) in [6, 6.07) is 19.0. The molecule has 0 unspecified atom stereocenters. The molecule has 5 rings (SSSR count). The zero-order chi connectivity index (χ0) is 19.3. The Morgan fingerprint density at radius 2 is 1.71 bits per heavy atom. The van der Waals surface area contributed by atoms with Crippen molar-refractivity contribution in [3.05, 3.63) is 81.2 Å². The third kappa shape index (κ3) is 2.87. The maximum absolute atomic E-state index is 10.9. The summed E-state index contributed by atoms with van der Waals surface area (Å²) in [5.74, 6) is 0. The Morgan fingerprint density at radius 1 is 0.929 bits per heavy atom. The van der Waals surface area contributed by atoms with Gasteiger partial charge in [-0.2, -0.15) is 4.73 Å². The van der Waals surface area contributed by atoms with Crippen LogP contribution in [-0.2, 0) is 0 Å². The number of benzene rings is 3. The third-order valence-electron chi connectivity index (χ3n) is 4.52. The molecule has 0 radical (unpaired) electrons. The second-order valence-corrected chi connectivity index (χ2v) is 8.14. The fraction of sp³-hybridized carbons (Fsp3) is 0. The molecule has 1 aromatic heterocycles. The van der Waals surface area contributed by atoms with E-state index in [2.05, 4.69) is 36.8 Å². The van der Waals surface area contributed by atoms with Crippen LogP contribution in [0.5, 0.6) is 0 Å². The van der Waals surface area contributed by atoms with Gasteiger partial charge in [0.15, 0.2) is 0 Å². The molecule has 2 aliphatic rings. The summed E-state index contributed by atoms with van der Waals surface area (Å²) < 4.78 is 3.02. The van der Waals surface area contributed by atoms with Crippen molar-refractivity contribution in [3.8, 4) is 11.4 Å². The van der Waals surface area contributed by atoms with Crippen molar-refractivity contribution < 1.29 is 5.21 Å². The zero-order valence-electron chi connectivity index (χ0n) is 14.3. The van der Waals surface area contributed by atoms with Crippen molar-refractivity contribution in [1.82, 2.24) is 14.7 Å². The zero-order valence-corrected chi connectivity index (χ0v) is 17.5. The van der Waals surface area contributed by atoms with Crippen LogP contribution in [0.15, 0.2) is 80.8 Å². The number of pyridine rings is 1. The van der Waals surface area contributed by atoms with E-state index in [4.69, 9.17) is 9.98 Å². The minimum Gasteiger partial charge on any atom is -0.428 e. The topological polar surface area (TPSA) is 63.3 Å². The Balaban J connectivity index is 1.93. The van der Waals surface area contributed by atoms with Gasteiger partial charge in [-0.25, -0.2) is 9.98 Å². The maximum atomic E-state index is 10.9. The standard InChI is InChI=1S/C21H12Br2N4O/c22-12-3-6-14(7-4-12)25-17-11-19-21(15-2-1-9-24-20(15)17)26-16-8-5-13(23)10-18(16)27(19)28/h1-11,28H. The lowest BCUT2D eigenvalue weighted by Crippen LogP contribution is -2.12. The fourth-order valence-corrected chi connectivity index (χ4v) is 3.85. The molecule has 0 bridgehead atoms. The van der Waals surface area contributed by atoms with Gasteiger partial charge < -0.3 is 5.21 Å². The van der Waals surface area contributed by atoms with E-state index in [-0.39, 0.29) is 0 Å². The molecule has 1 aliphatic carbocycles. The van der Waals surface area contributed by atoms with Crippen LogP contribution in [0.25, 0.3) is 33.3 Å². The Hall–Kier alpha value is -2.77. The normalized spacial score (nSPS) is 12.3. The van der Waals surface area contributed by atoms with Gasteiger partial charge in [0.25, 0.3) is 0 Å². The summed E-state index contributed by atoms with van der Waals surface area (Å²) in [7, 11) is 0. The summed E-state index contributed by atoms with van der Waals surface area (Å²) >= 11 is 6.89. The predicted molar refractivity (Wildman–Crippen MR) is 116 cm³/mol. The van der Waals surface area contributed by atoms with Crippen LogP contribution in [-0.4, -0.2) is 19.9 Å². The summed E-state index contributed by atoms with van der Waals surface area (Å²) in [6.07, 6.45) is 1.74. The summed E-state index contributed by atoms with van der Waals surface area (Å²) in [4.78, 5) is 14.1. The lowest BCUT2D eigenvalue weighted by Gasteiger charge is -2.15. The minimum atomic E-state index is 0.571. The van der Waals surface area contributed by atoms with E-state index in [0.29, 0.717) is 27.8 Å². The molecule has 0 spiro atoms. The average Bonchev–Trinajstić information content (AvgIpc) is 2.71. The van der Waals surface area contributed by atoms with Crippen molar-refractivity contribution in [3.63, 3.8) is 0 Å². The molecule has 2 aromatic carbocycles. The van der Waals surface area contributed by atoms with Gasteiger partial charge in [0.05, 0.1) is 22.1 Å². The minimum absolute atomic E-state index is 0.571. The van der Waals surface area contributed by atoms with Crippen LogP contribution >= 0.6 is 31.9 Å². The highest BCUT2D eigenvalue weighted by atomic mass is 79.9. The molecule has 7 heteroatoms. The van der Waals surface area contributed by atoms with E-state index in [1.54, 1.807) is 6.20 Å². The first-order valence-electron chi connectivity index (χ1n) is 8.49. The molecule has 0 amide bonds. The SMILES string of the molecule is On1c2cc(=Nc3ccc(Br)cc3)c3ncccc3c-2nc2ccc(Br)cc21. The van der Waals surface area contributed by atoms with E-state index in [9.17, 15) is 5.21 Å². The molecule has 136 valence electrons. The molecule has 0 fully saturated rings. The predicted octanol–water partition coefficient (Wildman–Crippen LogP) is 5.68. The van der Waals surface area contributed by atoms with E-state index in [1.165, 1.54) is 0 Å². The molecule has 1 N–H and O–H groups in total. The number of aromatic nitrogens is 3. The van der Waals surface area contributed by atoms with Crippen molar-refractivity contribution in [1.29, 1.82) is 0 Å². The molecule has 28 heavy (non-hydrogen) atoms. The fourth-order valence-electron chi connectivity index (χ4n) is 3.23. The highest BCUT2D eigenvalue weighted by molar-refractivity contribution is 9.10. The molecule has 0 saturated carbocycles. The molecule has 1 aliphatic heterocycles. The van der Waals surface area contributed by atoms with Crippen LogP contribution in [0.2, 0.25) is 0 Å². The van der Waals surface area contributed by atoms with Gasteiger partial charge in [-0.3, -0.25) is 4.98 Å². The molecule has 5 nitrogen and oxygen atoms in total. The summed E-state index contributed by atoms with van der Waals surface area (Å²) in [6.45, 7) is 0. The van der Waals surface area contributed by atoms with Gasteiger partial charge in [0, 0.05) is 20.5 Å². The van der Waals surface area contributed by atoms with Crippen molar-refractivity contribution in [2.75, 3.05) is 0 Å². The average molecular weight is 496 g/mol. The monoisotopic (exact) mass is 494 g/mol. The Kier molecular flexibility index (Phi) is 4.14. The summed E-state index contributed by atoms with van der Waals surface area (Å²) in [5, 5.41) is 12.4. The van der Waals surface area contributed by atoms with E-state index in [1.807, 2.05) is 60.7 Å². The highest BCUT2D eigenvalue weighted by Crippen LogP contribution is 2.30. The Morgan fingerprint density at radius 3 is 2.54 bits per heavy atom. The molecule has 2 heterocycles. The third-order valence-corrected chi connectivity index (χ3v) is 5.55. The first-order chi connectivity index (χ1) is 13.6. The van der Waals surface area contributed by atoms with Gasteiger partial charge in [-0.05, 0) is 60.7 Å². The van der Waals surface area contributed by atoms with Crippen molar-refractivity contribution in [2.45, 2.75) is 0 Å². The van der Waals surface area contributed by atoms with Gasteiger partial charge in [-0.1, -0.05) is 31.9 Å². The maximum Gasteiger partial charge on any atom is 0.109 e. The molecular formula is C21H12Br2N4O. The number of rotatable bonds is 1. The summed E-state index contributed by atoms with van der Waals surface area (Å²) in [5.41, 5.74) is 4.09. The van der Waals surface area contributed by atoms with Crippen molar-refractivity contribution >= 4 is 59.5 Å². The second-order valence-electron chi connectivity index (χ2n) is 6.31. The van der Waals surface area contributed by atoms with Crippen LogP contribution in [0, 0.1) is 0 Å². The smallest absolute Gasteiger partial charge is 0.109 e. The van der Waals surface area contributed by atoms with Crippen molar-refractivity contribution in [2.24, 2.45) is 4.99 Å². The van der Waals surface area contributed by atoms with Crippen LogP contribution in [0.3, 0.4) is 0 Å². The Labute approximate surface area is 176 Å². The largest absolute Gasteiger partial charge is 0.428 e. The second kappa shape index (κ2) is 6.68. The lowest BCUT2D eigenvalue weighted by molar-refractivity contribution is 0.202.